The van der Waals surface area contributed by atoms with Crippen LogP contribution in [0.2, 0.25) is 0 Å². The Morgan fingerprint density at radius 3 is 2.50 bits per heavy atom. The number of amides is 1. The van der Waals surface area contributed by atoms with E-state index in [0.29, 0.717) is 5.56 Å². The minimum absolute atomic E-state index is 0.123. The number of hydrogen-bond acceptors (Lipinski definition) is 5. The number of benzene rings is 2. The van der Waals surface area contributed by atoms with Gasteiger partial charge in [0, 0.05) is 36.6 Å². The molecule has 0 radical (unpaired) electrons. The number of hydrogen-bond donors (Lipinski definition) is 1. The second kappa shape index (κ2) is 8.95. The molecule has 3 aromatic rings. The lowest BCUT2D eigenvalue weighted by Gasteiger charge is -2.16. The Hall–Kier alpha value is -3.41. The highest BCUT2D eigenvalue weighted by atomic mass is 16.5. The van der Waals surface area contributed by atoms with E-state index >= 15 is 0 Å². The molecule has 1 amide bonds. The molecule has 1 N–H and O–H groups in total. The zero-order chi connectivity index (χ0) is 20.9. The Kier molecular flexibility index (Phi) is 5.93. The number of nitrogens with zero attached hydrogens (tertiary/aromatic N) is 3. The van der Waals surface area contributed by atoms with E-state index in [2.05, 4.69) is 20.2 Å². The molecule has 0 unspecified atom stereocenters. The van der Waals surface area contributed by atoms with Gasteiger partial charge in [-0.3, -0.25) is 4.79 Å². The lowest BCUT2D eigenvalue weighted by atomic mass is 10.0. The average Bonchev–Trinajstić information content (AvgIpc) is 3.34. The van der Waals surface area contributed by atoms with Crippen molar-refractivity contribution in [2.75, 3.05) is 25.1 Å². The minimum Gasteiger partial charge on any atom is -0.497 e. The highest BCUT2D eigenvalue weighted by Crippen LogP contribution is 2.23. The van der Waals surface area contributed by atoms with Crippen LogP contribution >= 0.6 is 0 Å². The number of methoxy groups -OCH3 is 1. The molecule has 30 heavy (non-hydrogen) atoms. The van der Waals surface area contributed by atoms with Crippen molar-refractivity contribution in [3.8, 4) is 16.9 Å². The fourth-order valence-corrected chi connectivity index (χ4v) is 3.66. The standard InChI is InChI=1S/C24H26N4O2/c1-17(18-7-6-10-22(14-18)30-2)27-23(29)20-9-5-8-19(13-20)21-15-25-24(26-16-21)28-11-3-4-12-28/h5-10,13-17H,3-4,11-12H2,1-2H3,(H,27,29)/t17-/m0/s1. The van der Waals surface area contributed by atoms with E-state index < -0.39 is 0 Å². The summed E-state index contributed by atoms with van der Waals surface area (Å²) in [6.07, 6.45) is 6.04. The van der Waals surface area contributed by atoms with E-state index in [1.54, 1.807) is 7.11 Å². The van der Waals surface area contributed by atoms with E-state index in [-0.39, 0.29) is 11.9 Å². The van der Waals surface area contributed by atoms with Gasteiger partial charge in [0.2, 0.25) is 5.95 Å². The molecule has 1 aliphatic heterocycles. The Morgan fingerprint density at radius 2 is 1.77 bits per heavy atom. The van der Waals surface area contributed by atoms with Gasteiger partial charge in [-0.1, -0.05) is 24.3 Å². The summed E-state index contributed by atoms with van der Waals surface area (Å²) in [6, 6.07) is 15.1. The van der Waals surface area contributed by atoms with E-state index in [1.807, 2.05) is 67.8 Å². The zero-order valence-corrected chi connectivity index (χ0v) is 17.3. The highest BCUT2D eigenvalue weighted by molar-refractivity contribution is 5.95. The predicted octanol–water partition coefficient (Wildman–Crippen LogP) is 4.24. The summed E-state index contributed by atoms with van der Waals surface area (Å²) < 4.78 is 5.27. The minimum atomic E-state index is -0.140. The highest BCUT2D eigenvalue weighted by Gasteiger charge is 2.16. The Bertz CT molecular complexity index is 1010. The van der Waals surface area contributed by atoms with E-state index in [9.17, 15) is 4.79 Å². The number of anilines is 1. The normalized spacial score (nSPS) is 14.4. The molecule has 1 fully saturated rings. The molecule has 6 heteroatoms. The molecule has 154 valence electrons. The maximum absolute atomic E-state index is 12.8. The largest absolute Gasteiger partial charge is 0.497 e. The van der Waals surface area contributed by atoms with E-state index in [0.717, 1.165) is 41.5 Å². The summed E-state index contributed by atoms with van der Waals surface area (Å²) in [5, 5.41) is 3.06. The van der Waals surface area contributed by atoms with Crippen LogP contribution in [0, 0.1) is 0 Å². The number of rotatable bonds is 6. The van der Waals surface area contributed by atoms with Crippen molar-refractivity contribution in [1.82, 2.24) is 15.3 Å². The molecular weight excluding hydrogens is 376 g/mol. The van der Waals surface area contributed by atoms with E-state index in [4.69, 9.17) is 4.74 Å². The molecule has 2 heterocycles. The smallest absolute Gasteiger partial charge is 0.251 e. The van der Waals surface area contributed by atoms with Crippen LogP contribution in [0.3, 0.4) is 0 Å². The van der Waals surface area contributed by atoms with Gasteiger partial charge in [-0.05, 0) is 55.2 Å². The molecule has 0 spiro atoms. The van der Waals surface area contributed by atoms with Crippen LogP contribution in [0.4, 0.5) is 5.95 Å². The zero-order valence-electron chi connectivity index (χ0n) is 17.3. The van der Waals surface area contributed by atoms with Crippen molar-refractivity contribution in [2.24, 2.45) is 0 Å². The van der Waals surface area contributed by atoms with Crippen LogP contribution in [0.5, 0.6) is 5.75 Å². The van der Waals surface area contributed by atoms with Crippen molar-refractivity contribution in [3.63, 3.8) is 0 Å². The van der Waals surface area contributed by atoms with Crippen LogP contribution in [0.15, 0.2) is 60.9 Å². The first-order valence-corrected chi connectivity index (χ1v) is 10.3. The van der Waals surface area contributed by atoms with Crippen LogP contribution in [-0.2, 0) is 0 Å². The fraction of sp³-hybridized carbons (Fsp3) is 0.292. The lowest BCUT2D eigenvalue weighted by molar-refractivity contribution is 0.0940. The van der Waals surface area contributed by atoms with Gasteiger partial charge >= 0.3 is 0 Å². The Balaban J connectivity index is 1.47. The second-order valence-electron chi connectivity index (χ2n) is 7.52. The summed E-state index contributed by atoms with van der Waals surface area (Å²) >= 11 is 0. The third-order valence-electron chi connectivity index (χ3n) is 5.43. The molecule has 0 aliphatic carbocycles. The lowest BCUT2D eigenvalue weighted by Crippen LogP contribution is -2.26. The number of nitrogens with one attached hydrogen (secondary N) is 1. The predicted molar refractivity (Wildman–Crippen MR) is 118 cm³/mol. The molecule has 0 bridgehead atoms. The van der Waals surface area contributed by atoms with Gasteiger partial charge in [-0.25, -0.2) is 9.97 Å². The van der Waals surface area contributed by atoms with Crippen LogP contribution < -0.4 is 15.0 Å². The molecule has 1 atom stereocenters. The first kappa shape index (κ1) is 19.9. The van der Waals surface area contributed by atoms with Gasteiger partial charge in [0.1, 0.15) is 5.75 Å². The van der Waals surface area contributed by atoms with E-state index in [1.165, 1.54) is 12.8 Å². The molecule has 2 aromatic carbocycles. The van der Waals surface area contributed by atoms with Gasteiger partial charge in [0.25, 0.3) is 5.91 Å². The second-order valence-corrected chi connectivity index (χ2v) is 7.52. The number of aromatic nitrogens is 2. The topological polar surface area (TPSA) is 67.3 Å². The summed E-state index contributed by atoms with van der Waals surface area (Å²) in [6.45, 7) is 3.99. The van der Waals surface area contributed by atoms with Crippen LogP contribution in [-0.4, -0.2) is 36.1 Å². The van der Waals surface area contributed by atoms with Crippen LogP contribution in [0.25, 0.3) is 11.1 Å². The molecular formula is C24H26N4O2. The van der Waals surface area contributed by atoms with Crippen LogP contribution in [0.1, 0.15) is 41.7 Å². The number of carbonyl (C=O) groups is 1. The Labute approximate surface area is 176 Å². The van der Waals surface area contributed by atoms with Crippen molar-refractivity contribution >= 4 is 11.9 Å². The van der Waals surface area contributed by atoms with Gasteiger partial charge < -0.3 is 15.0 Å². The summed E-state index contributed by atoms with van der Waals surface area (Å²) in [4.78, 5) is 24.1. The van der Waals surface area contributed by atoms with Gasteiger partial charge in [-0.2, -0.15) is 0 Å². The third kappa shape index (κ3) is 4.43. The maximum Gasteiger partial charge on any atom is 0.251 e. The molecule has 1 saturated heterocycles. The SMILES string of the molecule is COc1cccc([C@H](C)NC(=O)c2cccc(-c3cnc(N4CCCC4)nc3)c2)c1. The summed E-state index contributed by atoms with van der Waals surface area (Å²) in [5.74, 6) is 1.42. The number of ether oxygens (including phenoxy) is 1. The third-order valence-corrected chi connectivity index (χ3v) is 5.43. The monoisotopic (exact) mass is 402 g/mol. The first-order chi connectivity index (χ1) is 14.6. The van der Waals surface area contributed by atoms with Gasteiger partial charge in [0.05, 0.1) is 13.2 Å². The Morgan fingerprint density at radius 1 is 1.03 bits per heavy atom. The molecule has 1 aliphatic rings. The van der Waals surface area contributed by atoms with Crippen molar-refractivity contribution < 1.29 is 9.53 Å². The summed E-state index contributed by atoms with van der Waals surface area (Å²) in [5.41, 5.74) is 3.41. The average molecular weight is 402 g/mol. The summed E-state index contributed by atoms with van der Waals surface area (Å²) in [7, 11) is 1.63. The molecule has 6 nitrogen and oxygen atoms in total. The quantitative estimate of drug-likeness (QED) is 0.668. The van der Waals surface area contributed by atoms with Crippen molar-refractivity contribution in [3.05, 3.63) is 72.1 Å². The van der Waals surface area contributed by atoms with Crippen molar-refractivity contribution in [1.29, 1.82) is 0 Å². The van der Waals surface area contributed by atoms with Crippen molar-refractivity contribution in [2.45, 2.75) is 25.8 Å². The fourth-order valence-electron chi connectivity index (χ4n) is 3.66. The van der Waals surface area contributed by atoms with Gasteiger partial charge in [-0.15, -0.1) is 0 Å². The molecule has 1 aromatic heterocycles. The molecule has 0 saturated carbocycles. The number of carbonyl (C=O) groups excluding carboxylic acids is 1. The first-order valence-electron chi connectivity index (χ1n) is 10.3. The van der Waals surface area contributed by atoms with Gasteiger partial charge in [0.15, 0.2) is 0 Å². The molecule has 4 rings (SSSR count). The maximum atomic E-state index is 12.8.